The van der Waals surface area contributed by atoms with Gasteiger partial charge in [0.05, 0.1) is 8.07 Å². The van der Waals surface area contributed by atoms with Crippen molar-refractivity contribution in [3.63, 3.8) is 0 Å². The molecule has 3 atom stereocenters. The molecule has 0 aliphatic carbocycles. The lowest BCUT2D eigenvalue weighted by atomic mass is 10.4. The Balaban J connectivity index is 2.17. The van der Waals surface area contributed by atoms with Crippen LogP contribution >= 0.6 is 0 Å². The van der Waals surface area contributed by atoms with E-state index in [-0.39, 0.29) is 0 Å². The highest BCUT2D eigenvalue weighted by atomic mass is 28.3. The molecule has 0 aromatic carbocycles. The third-order valence-electron chi connectivity index (χ3n) is 3.46. The van der Waals surface area contributed by atoms with Crippen LogP contribution in [0.15, 0.2) is 0 Å². The average Bonchev–Trinajstić information content (AvgIpc) is 2.74. The van der Waals surface area contributed by atoms with Crippen molar-refractivity contribution >= 4 is 17.1 Å². The van der Waals surface area contributed by atoms with E-state index in [1.807, 2.05) is 0 Å². The fourth-order valence-corrected chi connectivity index (χ4v) is 9.54. The largest absolute Gasteiger partial charge is 0.421 e. The molecule has 84 valence electrons. The second kappa shape index (κ2) is 5.47. The van der Waals surface area contributed by atoms with E-state index in [9.17, 15) is 0 Å². The van der Waals surface area contributed by atoms with Crippen molar-refractivity contribution in [2.45, 2.75) is 70.1 Å². The maximum Gasteiger partial charge on any atom is 0.173 e. The van der Waals surface area contributed by atoms with Gasteiger partial charge in [-0.25, -0.2) is 0 Å². The monoisotopic (exact) mass is 230 g/mol. The maximum atomic E-state index is 6.21. The molecule has 0 radical (unpaired) electrons. The van der Waals surface area contributed by atoms with Gasteiger partial charge in [0.2, 0.25) is 0 Å². The summed E-state index contributed by atoms with van der Waals surface area (Å²) in [4.78, 5) is 0. The minimum absolute atomic E-state index is 0.766. The van der Waals surface area contributed by atoms with Crippen LogP contribution in [0.3, 0.4) is 0 Å². The molecule has 1 aliphatic heterocycles. The van der Waals surface area contributed by atoms with Crippen molar-refractivity contribution < 1.29 is 4.43 Å². The van der Waals surface area contributed by atoms with Gasteiger partial charge in [0.1, 0.15) is 0 Å². The summed E-state index contributed by atoms with van der Waals surface area (Å²) in [6.45, 7) is 9.48. The van der Waals surface area contributed by atoms with Gasteiger partial charge < -0.3 is 4.43 Å². The summed E-state index contributed by atoms with van der Waals surface area (Å²) in [6.07, 6.45) is 4.11. The summed E-state index contributed by atoms with van der Waals surface area (Å²) >= 11 is 0. The molecular weight excluding hydrogens is 204 g/mol. The molecule has 14 heavy (non-hydrogen) atoms. The Labute approximate surface area is 92.0 Å². The van der Waals surface area contributed by atoms with Gasteiger partial charge in [0.25, 0.3) is 0 Å². The maximum absolute atomic E-state index is 6.21. The lowest BCUT2D eigenvalue weighted by molar-refractivity contribution is 0.332. The van der Waals surface area contributed by atoms with Gasteiger partial charge >= 0.3 is 0 Å². The molecule has 0 spiro atoms. The van der Waals surface area contributed by atoms with Gasteiger partial charge in [-0.1, -0.05) is 45.7 Å². The molecule has 0 aromatic rings. The summed E-state index contributed by atoms with van der Waals surface area (Å²) in [5.74, 6) is 0. The minimum atomic E-state index is -0.837. The first-order valence-corrected chi connectivity index (χ1v) is 11.7. The lowest BCUT2D eigenvalue weighted by Gasteiger charge is -2.13. The highest BCUT2D eigenvalue weighted by Gasteiger charge is 2.52. The topological polar surface area (TPSA) is 9.23 Å². The van der Waals surface area contributed by atoms with Crippen LogP contribution in [-0.2, 0) is 4.43 Å². The normalized spacial score (nSPS) is 33.0. The zero-order chi connectivity index (χ0) is 10.6. The Kier molecular flexibility index (Phi) is 4.87. The number of hydrogen-bond acceptors (Lipinski definition) is 1. The summed E-state index contributed by atoms with van der Waals surface area (Å²) in [6, 6.07) is 4.35. The van der Waals surface area contributed by atoms with Crippen molar-refractivity contribution in [3.05, 3.63) is 0 Å². The van der Waals surface area contributed by atoms with Crippen molar-refractivity contribution in [3.8, 4) is 0 Å². The molecule has 3 heteroatoms. The fourth-order valence-electron chi connectivity index (χ4n) is 2.18. The quantitative estimate of drug-likeness (QED) is 0.608. The van der Waals surface area contributed by atoms with E-state index in [2.05, 4.69) is 26.9 Å². The Hall–Kier alpha value is 0.394. The molecule has 1 nitrogen and oxygen atoms in total. The first-order valence-electron chi connectivity index (χ1n) is 6.28. The van der Waals surface area contributed by atoms with Crippen molar-refractivity contribution in [1.29, 1.82) is 0 Å². The van der Waals surface area contributed by atoms with Gasteiger partial charge in [-0.05, 0) is 18.6 Å². The number of hydrogen-bond donors (Lipinski definition) is 0. The van der Waals surface area contributed by atoms with E-state index in [1.165, 1.54) is 37.4 Å². The third kappa shape index (κ3) is 3.52. The summed E-state index contributed by atoms with van der Waals surface area (Å²) in [5, 5.41) is 0. The van der Waals surface area contributed by atoms with Gasteiger partial charge in [0.15, 0.2) is 9.04 Å². The Morgan fingerprint density at radius 3 is 2.64 bits per heavy atom. The number of unbranched alkanes of at least 4 members (excludes halogenated alkanes) is 1. The molecule has 1 aliphatic rings. The molecule has 0 aromatic heterocycles. The van der Waals surface area contributed by atoms with E-state index < -0.39 is 17.1 Å². The highest BCUT2D eigenvalue weighted by Crippen LogP contribution is 2.43. The first kappa shape index (κ1) is 12.5. The molecular formula is C11H26OSi2. The van der Waals surface area contributed by atoms with Crippen molar-refractivity contribution in [2.75, 3.05) is 0 Å². The molecule has 1 saturated heterocycles. The predicted octanol–water partition coefficient (Wildman–Crippen LogP) is 3.57. The average molecular weight is 230 g/mol. The second-order valence-corrected chi connectivity index (χ2v) is 12.5. The van der Waals surface area contributed by atoms with Crippen LogP contribution in [0.25, 0.3) is 0 Å². The smallest absolute Gasteiger partial charge is 0.173 e. The fraction of sp³-hybridized carbons (Fsp3) is 1.00. The van der Waals surface area contributed by atoms with Crippen molar-refractivity contribution in [1.82, 2.24) is 0 Å². The molecule has 0 saturated carbocycles. The van der Waals surface area contributed by atoms with Gasteiger partial charge in [0, 0.05) is 5.73 Å². The van der Waals surface area contributed by atoms with Gasteiger partial charge in [-0.15, -0.1) is 0 Å². The van der Waals surface area contributed by atoms with E-state index in [0.29, 0.717) is 0 Å². The highest BCUT2D eigenvalue weighted by molar-refractivity contribution is 6.90. The van der Waals surface area contributed by atoms with Gasteiger partial charge in [-0.3, -0.25) is 0 Å². The SMILES string of the molecule is CCCC[Si]1(C)CC1O[SiH](C)CCC. The molecule has 0 amide bonds. The predicted molar refractivity (Wildman–Crippen MR) is 69.1 cm³/mol. The third-order valence-corrected chi connectivity index (χ3v) is 10.1. The van der Waals surface area contributed by atoms with Crippen LogP contribution in [-0.4, -0.2) is 22.8 Å². The molecule has 1 rings (SSSR count). The Bertz CT molecular complexity index is 175. The standard InChI is InChI=1S/C11H26OSi2/c1-5-7-9-14(4)10-11(14)12-13(3)8-6-2/h11,13H,5-10H2,1-4H3. The van der Waals surface area contributed by atoms with Crippen LogP contribution in [0.5, 0.6) is 0 Å². The van der Waals surface area contributed by atoms with Crippen LogP contribution in [0, 0.1) is 0 Å². The molecule has 3 unspecified atom stereocenters. The zero-order valence-corrected chi connectivity index (χ0v) is 12.5. The number of rotatable bonds is 7. The lowest BCUT2D eigenvalue weighted by Crippen LogP contribution is -2.23. The second-order valence-electron chi connectivity index (χ2n) is 5.19. The first-order chi connectivity index (χ1) is 6.62. The Morgan fingerprint density at radius 2 is 2.07 bits per heavy atom. The minimum Gasteiger partial charge on any atom is -0.421 e. The molecule has 1 heterocycles. The van der Waals surface area contributed by atoms with Gasteiger partial charge in [-0.2, -0.15) is 0 Å². The Morgan fingerprint density at radius 1 is 1.36 bits per heavy atom. The molecule has 0 bridgehead atoms. The molecule has 1 fully saturated rings. The van der Waals surface area contributed by atoms with E-state index >= 15 is 0 Å². The molecule has 0 N–H and O–H groups in total. The summed E-state index contributed by atoms with van der Waals surface area (Å²) in [7, 11) is -1.62. The zero-order valence-electron chi connectivity index (χ0n) is 10.3. The van der Waals surface area contributed by atoms with Crippen molar-refractivity contribution in [2.24, 2.45) is 0 Å². The van der Waals surface area contributed by atoms with Crippen LogP contribution in [0.2, 0.25) is 31.2 Å². The summed E-state index contributed by atoms with van der Waals surface area (Å²) in [5.41, 5.74) is 0.766. The van der Waals surface area contributed by atoms with E-state index in [1.54, 1.807) is 0 Å². The van der Waals surface area contributed by atoms with Crippen LogP contribution < -0.4 is 0 Å². The summed E-state index contributed by atoms with van der Waals surface area (Å²) < 4.78 is 6.21. The van der Waals surface area contributed by atoms with E-state index in [0.717, 1.165) is 5.73 Å². The van der Waals surface area contributed by atoms with Crippen LogP contribution in [0.4, 0.5) is 0 Å². The van der Waals surface area contributed by atoms with Crippen LogP contribution in [0.1, 0.15) is 33.1 Å². The van der Waals surface area contributed by atoms with E-state index in [4.69, 9.17) is 4.43 Å².